The molecule has 1 aromatic carbocycles. The molecule has 0 saturated heterocycles. The van der Waals surface area contributed by atoms with E-state index in [0.717, 1.165) is 12.1 Å². The van der Waals surface area contributed by atoms with Crippen LogP contribution in [0.4, 0.5) is 18.9 Å². The Balaban J connectivity index is 1.75. The van der Waals surface area contributed by atoms with Crippen molar-refractivity contribution in [2.24, 2.45) is 0 Å². The largest absolute Gasteiger partial charge is 0.456 e. The number of benzene rings is 1. The molecule has 0 bridgehead atoms. The number of carbonyl (C=O) groups excluding carboxylic acids is 1. The molecular weight excluding hydrogens is 347 g/mol. The minimum Gasteiger partial charge on any atom is -0.456 e. The van der Waals surface area contributed by atoms with E-state index < -0.39 is 17.6 Å². The number of nitrogens with zero attached hydrogens (tertiary/aromatic N) is 2. The van der Waals surface area contributed by atoms with Crippen LogP contribution in [0.2, 0.25) is 0 Å². The molecule has 2 heterocycles. The summed E-state index contributed by atoms with van der Waals surface area (Å²) in [5.74, 6) is 0.172. The van der Waals surface area contributed by atoms with E-state index >= 15 is 0 Å². The van der Waals surface area contributed by atoms with Gasteiger partial charge < -0.3 is 10.1 Å². The first kappa shape index (κ1) is 17.4. The molecule has 0 atom stereocenters. The Hall–Kier alpha value is -3.42. The van der Waals surface area contributed by atoms with Gasteiger partial charge >= 0.3 is 6.18 Å². The number of amides is 1. The third-order valence-corrected chi connectivity index (χ3v) is 3.28. The van der Waals surface area contributed by atoms with Crippen LogP contribution >= 0.6 is 0 Å². The number of alkyl halides is 3. The number of nitrogens with one attached hydrogen (secondary N) is 1. The van der Waals surface area contributed by atoms with Gasteiger partial charge in [-0.3, -0.25) is 14.8 Å². The summed E-state index contributed by atoms with van der Waals surface area (Å²) in [5.41, 5.74) is -0.828. The zero-order valence-corrected chi connectivity index (χ0v) is 13.2. The topological polar surface area (TPSA) is 64.1 Å². The fourth-order valence-electron chi connectivity index (χ4n) is 2.11. The maximum Gasteiger partial charge on any atom is 0.416 e. The molecule has 0 radical (unpaired) electrons. The average molecular weight is 359 g/mol. The molecule has 1 N–H and O–H groups in total. The van der Waals surface area contributed by atoms with Crippen molar-refractivity contribution < 1.29 is 22.7 Å². The van der Waals surface area contributed by atoms with Crippen LogP contribution in [-0.2, 0) is 6.18 Å². The third kappa shape index (κ3) is 4.35. The zero-order chi connectivity index (χ0) is 18.6. The third-order valence-electron chi connectivity index (χ3n) is 3.28. The van der Waals surface area contributed by atoms with Crippen molar-refractivity contribution >= 4 is 11.6 Å². The van der Waals surface area contributed by atoms with Crippen molar-refractivity contribution in [1.82, 2.24) is 9.97 Å². The van der Waals surface area contributed by atoms with Crippen LogP contribution in [-0.4, -0.2) is 15.9 Å². The Labute approximate surface area is 146 Å². The van der Waals surface area contributed by atoms with E-state index in [-0.39, 0.29) is 11.4 Å². The molecule has 0 fully saturated rings. The van der Waals surface area contributed by atoms with E-state index in [2.05, 4.69) is 15.3 Å². The second-order valence-corrected chi connectivity index (χ2v) is 5.20. The van der Waals surface area contributed by atoms with E-state index in [1.807, 2.05) is 0 Å². The van der Waals surface area contributed by atoms with E-state index in [4.69, 9.17) is 4.74 Å². The van der Waals surface area contributed by atoms with Crippen LogP contribution in [0.1, 0.15) is 16.1 Å². The number of halogens is 3. The number of aromatic nitrogens is 2. The van der Waals surface area contributed by atoms with Gasteiger partial charge in [0.25, 0.3) is 5.91 Å². The molecule has 26 heavy (non-hydrogen) atoms. The number of ether oxygens (including phenoxy) is 1. The lowest BCUT2D eigenvalue weighted by Gasteiger charge is -2.10. The smallest absolute Gasteiger partial charge is 0.416 e. The standard InChI is InChI=1S/C18H12F3N3O2/c19-18(20,21)12-3-1-4-13(9-12)24-17(25)16-10-14(6-8-23-16)26-15-5-2-7-22-11-15/h1-11H,(H,24,25). The van der Waals surface area contributed by atoms with Gasteiger partial charge in [-0.05, 0) is 36.4 Å². The molecule has 132 valence electrons. The van der Waals surface area contributed by atoms with Gasteiger partial charge in [-0.15, -0.1) is 0 Å². The fraction of sp³-hybridized carbons (Fsp3) is 0.0556. The first-order chi connectivity index (χ1) is 12.4. The van der Waals surface area contributed by atoms with Crippen LogP contribution in [0.15, 0.2) is 67.1 Å². The Morgan fingerprint density at radius 2 is 1.85 bits per heavy atom. The highest BCUT2D eigenvalue weighted by Gasteiger charge is 2.30. The Bertz CT molecular complexity index is 915. The number of hydrogen-bond donors (Lipinski definition) is 1. The first-order valence-electron chi connectivity index (χ1n) is 7.44. The van der Waals surface area contributed by atoms with Gasteiger partial charge in [-0.25, -0.2) is 0 Å². The van der Waals surface area contributed by atoms with Crippen LogP contribution in [0.3, 0.4) is 0 Å². The maximum atomic E-state index is 12.7. The number of rotatable bonds is 4. The highest BCUT2D eigenvalue weighted by Crippen LogP contribution is 2.30. The predicted octanol–water partition coefficient (Wildman–Crippen LogP) is 4.54. The molecule has 5 nitrogen and oxygen atoms in total. The van der Waals surface area contributed by atoms with Crippen molar-refractivity contribution in [2.75, 3.05) is 5.32 Å². The number of pyridine rings is 2. The summed E-state index contributed by atoms with van der Waals surface area (Å²) in [5, 5.41) is 2.39. The van der Waals surface area contributed by atoms with Gasteiger partial charge in [0, 0.05) is 24.1 Å². The lowest BCUT2D eigenvalue weighted by Crippen LogP contribution is -2.14. The Morgan fingerprint density at radius 3 is 2.58 bits per heavy atom. The molecule has 0 aliphatic rings. The van der Waals surface area contributed by atoms with E-state index in [0.29, 0.717) is 11.5 Å². The lowest BCUT2D eigenvalue weighted by atomic mass is 10.2. The molecule has 3 aromatic rings. The van der Waals surface area contributed by atoms with Gasteiger partial charge in [0.15, 0.2) is 0 Å². The zero-order valence-electron chi connectivity index (χ0n) is 13.2. The number of hydrogen-bond acceptors (Lipinski definition) is 4. The Morgan fingerprint density at radius 1 is 1.00 bits per heavy atom. The number of carbonyl (C=O) groups is 1. The minimum atomic E-state index is -4.49. The van der Waals surface area contributed by atoms with Crippen molar-refractivity contribution in [3.8, 4) is 11.5 Å². The summed E-state index contributed by atoms with van der Waals surface area (Å²) in [6.07, 6.45) is -0.0284. The molecule has 0 unspecified atom stereocenters. The SMILES string of the molecule is O=C(Nc1cccc(C(F)(F)F)c1)c1cc(Oc2cccnc2)ccn1. The summed E-state index contributed by atoms with van der Waals surface area (Å²) in [4.78, 5) is 20.1. The maximum absolute atomic E-state index is 12.7. The van der Waals surface area contributed by atoms with Crippen LogP contribution < -0.4 is 10.1 Å². The average Bonchev–Trinajstić information content (AvgIpc) is 2.62. The highest BCUT2D eigenvalue weighted by molar-refractivity contribution is 6.03. The van der Waals surface area contributed by atoms with Crippen molar-refractivity contribution in [3.63, 3.8) is 0 Å². The highest BCUT2D eigenvalue weighted by atomic mass is 19.4. The Kier molecular flexibility index (Phi) is 4.83. The van der Waals surface area contributed by atoms with Crippen molar-refractivity contribution in [1.29, 1.82) is 0 Å². The normalized spacial score (nSPS) is 11.0. The summed E-state index contributed by atoms with van der Waals surface area (Å²) >= 11 is 0. The monoisotopic (exact) mass is 359 g/mol. The van der Waals surface area contributed by atoms with Gasteiger partial charge in [0.1, 0.15) is 17.2 Å². The van der Waals surface area contributed by atoms with Gasteiger partial charge in [-0.2, -0.15) is 13.2 Å². The molecule has 0 spiro atoms. The summed E-state index contributed by atoms with van der Waals surface area (Å²) in [6.45, 7) is 0. The minimum absolute atomic E-state index is 0.00352. The van der Waals surface area contributed by atoms with Gasteiger partial charge in [0.2, 0.25) is 0 Å². The van der Waals surface area contributed by atoms with E-state index in [1.165, 1.54) is 30.6 Å². The van der Waals surface area contributed by atoms with Gasteiger partial charge in [0.05, 0.1) is 11.8 Å². The van der Waals surface area contributed by atoms with Crippen LogP contribution in [0.25, 0.3) is 0 Å². The quantitative estimate of drug-likeness (QED) is 0.743. The second-order valence-electron chi connectivity index (χ2n) is 5.20. The van der Waals surface area contributed by atoms with Crippen molar-refractivity contribution in [2.45, 2.75) is 6.18 Å². The molecule has 0 aliphatic heterocycles. The second kappa shape index (κ2) is 7.22. The van der Waals surface area contributed by atoms with E-state index in [9.17, 15) is 18.0 Å². The van der Waals surface area contributed by atoms with Crippen LogP contribution in [0.5, 0.6) is 11.5 Å². The van der Waals surface area contributed by atoms with E-state index in [1.54, 1.807) is 24.4 Å². The fourth-order valence-corrected chi connectivity index (χ4v) is 2.11. The van der Waals surface area contributed by atoms with Crippen molar-refractivity contribution in [3.05, 3.63) is 78.4 Å². The molecule has 0 saturated carbocycles. The lowest BCUT2D eigenvalue weighted by molar-refractivity contribution is -0.137. The molecule has 8 heteroatoms. The first-order valence-corrected chi connectivity index (χ1v) is 7.44. The summed E-state index contributed by atoms with van der Waals surface area (Å²) in [7, 11) is 0. The summed E-state index contributed by atoms with van der Waals surface area (Å²) in [6, 6.07) is 10.7. The molecular formula is C18H12F3N3O2. The molecule has 3 rings (SSSR count). The predicted molar refractivity (Wildman–Crippen MR) is 87.9 cm³/mol. The summed E-state index contributed by atoms with van der Waals surface area (Å²) < 4.78 is 43.8. The molecule has 2 aromatic heterocycles. The van der Waals surface area contributed by atoms with Crippen LogP contribution in [0, 0.1) is 0 Å². The molecule has 0 aliphatic carbocycles. The van der Waals surface area contributed by atoms with Gasteiger partial charge in [-0.1, -0.05) is 6.07 Å². The number of anilines is 1. The molecule has 1 amide bonds.